The van der Waals surface area contributed by atoms with E-state index in [1.54, 1.807) is 17.5 Å². The molecule has 3 aromatic heterocycles. The highest BCUT2D eigenvalue weighted by Gasteiger charge is 2.14. The van der Waals surface area contributed by atoms with Gasteiger partial charge in [0.2, 0.25) is 0 Å². The van der Waals surface area contributed by atoms with Crippen LogP contribution >= 0.6 is 11.3 Å². The summed E-state index contributed by atoms with van der Waals surface area (Å²) >= 11 is 1.67. The SMILES string of the molecule is Cc1ccc2cccnc2n1.Cc1scc2c1OCCO2. The van der Waals surface area contributed by atoms with Crippen LogP contribution < -0.4 is 9.47 Å². The molecule has 108 valence electrons. The Morgan fingerprint density at radius 3 is 2.81 bits per heavy atom. The number of thiophene rings is 1. The molecule has 0 atom stereocenters. The number of ether oxygens (including phenoxy) is 2. The number of pyridine rings is 2. The fourth-order valence-electron chi connectivity index (χ4n) is 2.04. The fraction of sp³-hybridized carbons (Fsp3) is 0.250. The number of hydrogen-bond acceptors (Lipinski definition) is 5. The van der Waals surface area contributed by atoms with Crippen molar-refractivity contribution in [2.24, 2.45) is 0 Å². The predicted octanol–water partition coefficient (Wildman–Crippen LogP) is 3.77. The third-order valence-corrected chi connectivity index (χ3v) is 3.95. The van der Waals surface area contributed by atoms with Gasteiger partial charge in [-0.2, -0.15) is 0 Å². The van der Waals surface area contributed by atoms with Crippen LogP contribution in [-0.4, -0.2) is 23.2 Å². The van der Waals surface area contributed by atoms with Crippen molar-refractivity contribution < 1.29 is 9.47 Å². The van der Waals surface area contributed by atoms with Crippen LogP contribution in [0.1, 0.15) is 10.6 Å². The van der Waals surface area contributed by atoms with Gasteiger partial charge in [0.1, 0.15) is 13.2 Å². The van der Waals surface area contributed by atoms with E-state index < -0.39 is 0 Å². The molecule has 0 amide bonds. The standard InChI is InChI=1S/C9H8N2.C7H8O2S/c1-7-4-5-8-3-2-6-10-9(8)11-7;1-5-7-6(4-10-5)8-2-3-9-7/h2-6H,1H3;4H,2-3H2,1H3. The molecule has 0 saturated carbocycles. The molecule has 0 aliphatic carbocycles. The molecular weight excluding hydrogens is 284 g/mol. The third-order valence-electron chi connectivity index (χ3n) is 3.08. The maximum absolute atomic E-state index is 5.38. The molecule has 0 radical (unpaired) electrons. The Hall–Kier alpha value is -2.14. The van der Waals surface area contributed by atoms with Gasteiger partial charge in [-0.3, -0.25) is 0 Å². The zero-order chi connectivity index (χ0) is 14.7. The summed E-state index contributed by atoms with van der Waals surface area (Å²) in [6, 6.07) is 7.95. The Kier molecular flexibility index (Phi) is 4.01. The lowest BCUT2D eigenvalue weighted by molar-refractivity contribution is 0.172. The normalized spacial score (nSPS) is 12.7. The number of fused-ring (bicyclic) bond motifs is 2. The summed E-state index contributed by atoms with van der Waals surface area (Å²) in [4.78, 5) is 9.60. The highest BCUT2D eigenvalue weighted by molar-refractivity contribution is 7.10. The van der Waals surface area contributed by atoms with Crippen LogP contribution in [0.3, 0.4) is 0 Å². The molecule has 0 aromatic carbocycles. The first-order chi connectivity index (χ1) is 10.2. The Labute approximate surface area is 127 Å². The van der Waals surface area contributed by atoms with E-state index >= 15 is 0 Å². The molecule has 0 fully saturated rings. The fourth-order valence-corrected chi connectivity index (χ4v) is 2.76. The van der Waals surface area contributed by atoms with Gasteiger partial charge in [-0.25, -0.2) is 9.97 Å². The molecule has 4 heterocycles. The van der Waals surface area contributed by atoms with Gasteiger partial charge in [-0.15, -0.1) is 11.3 Å². The molecule has 1 aliphatic heterocycles. The lowest BCUT2D eigenvalue weighted by atomic mass is 10.3. The van der Waals surface area contributed by atoms with Gasteiger partial charge in [-0.1, -0.05) is 0 Å². The molecule has 0 N–H and O–H groups in total. The monoisotopic (exact) mass is 300 g/mol. The average Bonchev–Trinajstić information content (AvgIpc) is 2.90. The van der Waals surface area contributed by atoms with E-state index in [0.29, 0.717) is 13.2 Å². The van der Waals surface area contributed by atoms with Crippen LogP contribution in [-0.2, 0) is 0 Å². The van der Waals surface area contributed by atoms with E-state index in [2.05, 4.69) is 9.97 Å². The highest BCUT2D eigenvalue weighted by Crippen LogP contribution is 2.38. The topological polar surface area (TPSA) is 44.2 Å². The zero-order valence-electron chi connectivity index (χ0n) is 12.0. The third kappa shape index (κ3) is 3.13. The number of rotatable bonds is 0. The molecule has 3 aromatic rings. The summed E-state index contributed by atoms with van der Waals surface area (Å²) in [5.74, 6) is 1.85. The summed E-state index contributed by atoms with van der Waals surface area (Å²) in [7, 11) is 0. The summed E-state index contributed by atoms with van der Waals surface area (Å²) in [6.45, 7) is 5.38. The Morgan fingerprint density at radius 1 is 1.10 bits per heavy atom. The Bertz CT molecular complexity index is 755. The maximum atomic E-state index is 5.38. The molecule has 4 rings (SSSR count). The smallest absolute Gasteiger partial charge is 0.174 e. The van der Waals surface area contributed by atoms with Gasteiger partial charge in [0.25, 0.3) is 0 Å². The van der Waals surface area contributed by atoms with E-state index in [1.807, 2.05) is 43.5 Å². The van der Waals surface area contributed by atoms with E-state index in [4.69, 9.17) is 9.47 Å². The van der Waals surface area contributed by atoms with Crippen molar-refractivity contribution in [2.75, 3.05) is 13.2 Å². The average molecular weight is 300 g/mol. The lowest BCUT2D eigenvalue weighted by Crippen LogP contribution is -2.14. The quantitative estimate of drug-likeness (QED) is 0.634. The Morgan fingerprint density at radius 2 is 1.95 bits per heavy atom. The van der Waals surface area contributed by atoms with Crippen molar-refractivity contribution in [1.82, 2.24) is 9.97 Å². The molecule has 4 nitrogen and oxygen atoms in total. The predicted molar refractivity (Wildman–Crippen MR) is 84.3 cm³/mol. The van der Waals surface area contributed by atoms with Crippen LogP contribution in [0.25, 0.3) is 11.0 Å². The summed E-state index contributed by atoms with van der Waals surface area (Å²) in [5.41, 5.74) is 1.84. The van der Waals surface area contributed by atoms with Crippen molar-refractivity contribution in [1.29, 1.82) is 0 Å². The molecule has 21 heavy (non-hydrogen) atoms. The second-order valence-corrected chi connectivity index (χ2v) is 5.77. The van der Waals surface area contributed by atoms with E-state index in [1.165, 1.54) is 4.88 Å². The van der Waals surface area contributed by atoms with Gasteiger partial charge >= 0.3 is 0 Å². The van der Waals surface area contributed by atoms with Gasteiger partial charge in [0, 0.05) is 27.5 Å². The minimum absolute atomic E-state index is 0.684. The molecule has 0 unspecified atom stereocenters. The van der Waals surface area contributed by atoms with Gasteiger partial charge in [0.15, 0.2) is 17.1 Å². The van der Waals surface area contributed by atoms with Gasteiger partial charge in [-0.05, 0) is 38.1 Å². The second kappa shape index (κ2) is 6.10. The van der Waals surface area contributed by atoms with Crippen molar-refractivity contribution in [3.63, 3.8) is 0 Å². The van der Waals surface area contributed by atoms with Crippen molar-refractivity contribution in [3.05, 3.63) is 46.4 Å². The molecule has 0 saturated heterocycles. The van der Waals surface area contributed by atoms with Crippen molar-refractivity contribution in [3.8, 4) is 11.5 Å². The van der Waals surface area contributed by atoms with Crippen molar-refractivity contribution in [2.45, 2.75) is 13.8 Å². The maximum Gasteiger partial charge on any atom is 0.174 e. The van der Waals surface area contributed by atoms with Crippen LogP contribution in [0.4, 0.5) is 0 Å². The van der Waals surface area contributed by atoms with E-state index in [9.17, 15) is 0 Å². The highest BCUT2D eigenvalue weighted by atomic mass is 32.1. The molecule has 0 spiro atoms. The van der Waals surface area contributed by atoms with E-state index in [0.717, 1.165) is 28.2 Å². The van der Waals surface area contributed by atoms with Crippen LogP contribution in [0, 0.1) is 13.8 Å². The summed E-state index contributed by atoms with van der Waals surface area (Å²) in [5, 5.41) is 3.09. The zero-order valence-corrected chi connectivity index (χ0v) is 12.8. The lowest BCUT2D eigenvalue weighted by Gasteiger charge is -2.14. The second-order valence-electron chi connectivity index (χ2n) is 4.68. The molecule has 0 bridgehead atoms. The summed E-state index contributed by atoms with van der Waals surface area (Å²) in [6.07, 6.45) is 1.76. The van der Waals surface area contributed by atoms with Crippen LogP contribution in [0.15, 0.2) is 35.8 Å². The van der Waals surface area contributed by atoms with E-state index in [-0.39, 0.29) is 0 Å². The Balaban J connectivity index is 0.000000126. The number of hydrogen-bond donors (Lipinski definition) is 0. The molecule has 5 heteroatoms. The van der Waals surface area contributed by atoms with Crippen LogP contribution in [0.5, 0.6) is 11.5 Å². The molecule has 1 aliphatic rings. The number of aryl methyl sites for hydroxylation is 2. The van der Waals surface area contributed by atoms with Crippen molar-refractivity contribution >= 4 is 22.4 Å². The molecular formula is C16H16N2O2S. The number of nitrogens with zero attached hydrogens (tertiary/aromatic N) is 2. The number of aromatic nitrogens is 2. The minimum atomic E-state index is 0.684. The van der Waals surface area contributed by atoms with Gasteiger partial charge in [0.05, 0.1) is 0 Å². The first-order valence-electron chi connectivity index (χ1n) is 6.76. The van der Waals surface area contributed by atoms with Gasteiger partial charge < -0.3 is 9.47 Å². The largest absolute Gasteiger partial charge is 0.485 e. The minimum Gasteiger partial charge on any atom is -0.485 e. The first kappa shape index (κ1) is 13.8. The van der Waals surface area contributed by atoms with Crippen LogP contribution in [0.2, 0.25) is 0 Å². The summed E-state index contributed by atoms with van der Waals surface area (Å²) < 4.78 is 10.7. The first-order valence-corrected chi connectivity index (χ1v) is 7.64.